The molecule has 0 aliphatic carbocycles. The molecule has 1 heterocycles. The van der Waals surface area contributed by atoms with Gasteiger partial charge in [0, 0.05) is 7.11 Å². The molecule has 80 valence electrons. The molecule has 0 saturated carbocycles. The topological polar surface area (TPSA) is 35.5 Å². The number of carbonyl (C=O) groups excluding carboxylic acids is 1. The lowest BCUT2D eigenvalue weighted by Crippen LogP contribution is -2.41. The number of ether oxygens (including phenoxy) is 2. The summed E-state index contributed by atoms with van der Waals surface area (Å²) in [6.07, 6.45) is -0.711. The van der Waals surface area contributed by atoms with Gasteiger partial charge in [0.15, 0.2) is 11.9 Å². The fraction of sp³-hybridized carbons (Fsp3) is 0.417. The van der Waals surface area contributed by atoms with Crippen molar-refractivity contribution in [3.8, 4) is 5.75 Å². The second kappa shape index (κ2) is 3.66. The number of carbonyl (C=O) groups is 1. The molecule has 0 bridgehead atoms. The average molecular weight is 206 g/mol. The van der Waals surface area contributed by atoms with Crippen LogP contribution in [0.25, 0.3) is 0 Å². The summed E-state index contributed by atoms with van der Waals surface area (Å²) in [5.41, 5.74) is 1.70. The number of aryl methyl sites for hydroxylation is 1. The van der Waals surface area contributed by atoms with Crippen molar-refractivity contribution in [2.45, 2.75) is 26.1 Å². The Hall–Kier alpha value is -1.35. The molecule has 2 rings (SSSR count). The predicted molar refractivity (Wildman–Crippen MR) is 56.4 cm³/mol. The van der Waals surface area contributed by atoms with Gasteiger partial charge in [-0.25, -0.2) is 0 Å². The summed E-state index contributed by atoms with van der Waals surface area (Å²) >= 11 is 0. The van der Waals surface area contributed by atoms with Gasteiger partial charge in [-0.2, -0.15) is 0 Å². The largest absolute Gasteiger partial charge is 0.487 e. The minimum absolute atomic E-state index is 0.00579. The number of Topliss-reactive ketones (excluding diaryl/α,β-unsaturated/α-hetero) is 1. The van der Waals surface area contributed by atoms with Crippen molar-refractivity contribution >= 4 is 5.78 Å². The van der Waals surface area contributed by atoms with Crippen LogP contribution in [0.3, 0.4) is 0 Å². The third kappa shape index (κ3) is 1.63. The van der Waals surface area contributed by atoms with E-state index in [-0.39, 0.29) is 11.9 Å². The van der Waals surface area contributed by atoms with Crippen LogP contribution in [0.5, 0.6) is 5.75 Å². The first-order chi connectivity index (χ1) is 7.13. The lowest BCUT2D eigenvalue weighted by Gasteiger charge is -2.29. The number of methoxy groups -OCH3 is 1. The molecule has 0 spiro atoms. The third-order valence-corrected chi connectivity index (χ3v) is 2.65. The fourth-order valence-corrected chi connectivity index (χ4v) is 1.86. The Labute approximate surface area is 89.0 Å². The van der Waals surface area contributed by atoms with Crippen LogP contribution in [-0.4, -0.2) is 25.1 Å². The van der Waals surface area contributed by atoms with Gasteiger partial charge in [0.05, 0.1) is 5.56 Å². The first-order valence-corrected chi connectivity index (χ1v) is 4.98. The quantitative estimate of drug-likeness (QED) is 0.704. The zero-order chi connectivity index (χ0) is 11.0. The van der Waals surface area contributed by atoms with E-state index in [0.29, 0.717) is 11.3 Å². The Bertz CT molecular complexity index is 398. The summed E-state index contributed by atoms with van der Waals surface area (Å²) in [7, 11) is 1.53. The number of hydrogen-bond donors (Lipinski definition) is 0. The Morgan fingerprint density at radius 2 is 2.13 bits per heavy atom. The van der Waals surface area contributed by atoms with E-state index in [1.165, 1.54) is 7.11 Å². The minimum Gasteiger partial charge on any atom is -0.487 e. The first-order valence-electron chi connectivity index (χ1n) is 4.98. The van der Waals surface area contributed by atoms with E-state index in [1.807, 2.05) is 26.0 Å². The van der Waals surface area contributed by atoms with E-state index in [2.05, 4.69) is 0 Å². The summed E-state index contributed by atoms with van der Waals surface area (Å²) < 4.78 is 10.8. The monoisotopic (exact) mass is 206 g/mol. The molecule has 1 aliphatic heterocycles. The van der Waals surface area contributed by atoms with Crippen molar-refractivity contribution in [3.05, 3.63) is 29.3 Å². The van der Waals surface area contributed by atoms with Gasteiger partial charge in [-0.15, -0.1) is 0 Å². The highest BCUT2D eigenvalue weighted by Crippen LogP contribution is 2.29. The Morgan fingerprint density at radius 3 is 2.80 bits per heavy atom. The minimum atomic E-state index is -0.486. The molecule has 3 heteroatoms. The average Bonchev–Trinajstić information content (AvgIpc) is 2.17. The highest BCUT2D eigenvalue weighted by Gasteiger charge is 2.34. The smallest absolute Gasteiger partial charge is 0.199 e. The Kier molecular flexibility index (Phi) is 2.49. The van der Waals surface area contributed by atoms with Crippen LogP contribution in [-0.2, 0) is 4.74 Å². The fourth-order valence-electron chi connectivity index (χ4n) is 1.86. The van der Waals surface area contributed by atoms with Crippen LogP contribution in [0, 0.1) is 6.92 Å². The molecule has 1 aliphatic rings. The number of ketones is 1. The molecule has 0 fully saturated rings. The maximum absolute atomic E-state index is 12.0. The van der Waals surface area contributed by atoms with Crippen molar-refractivity contribution in [1.82, 2.24) is 0 Å². The SMILES string of the molecule is COC1C(=O)c2ccc(C)cc2OC1C. The van der Waals surface area contributed by atoms with Gasteiger partial charge in [-0.05, 0) is 31.5 Å². The molecule has 0 saturated heterocycles. The number of rotatable bonds is 1. The van der Waals surface area contributed by atoms with E-state index >= 15 is 0 Å². The summed E-state index contributed by atoms with van der Waals surface area (Å²) in [6, 6.07) is 5.59. The lowest BCUT2D eigenvalue weighted by molar-refractivity contribution is 0.00706. The van der Waals surface area contributed by atoms with Gasteiger partial charge in [0.1, 0.15) is 11.9 Å². The second-order valence-corrected chi connectivity index (χ2v) is 3.84. The van der Waals surface area contributed by atoms with Crippen LogP contribution in [0.2, 0.25) is 0 Å². The maximum Gasteiger partial charge on any atom is 0.199 e. The summed E-state index contributed by atoms with van der Waals surface area (Å²) in [5, 5.41) is 0. The summed E-state index contributed by atoms with van der Waals surface area (Å²) in [5.74, 6) is 0.673. The summed E-state index contributed by atoms with van der Waals surface area (Å²) in [6.45, 7) is 3.82. The van der Waals surface area contributed by atoms with E-state index in [9.17, 15) is 4.79 Å². The van der Waals surface area contributed by atoms with Crippen molar-refractivity contribution in [1.29, 1.82) is 0 Å². The maximum atomic E-state index is 12.0. The van der Waals surface area contributed by atoms with Crippen LogP contribution in [0.15, 0.2) is 18.2 Å². The molecule has 0 N–H and O–H groups in total. The second-order valence-electron chi connectivity index (χ2n) is 3.84. The zero-order valence-electron chi connectivity index (χ0n) is 9.11. The van der Waals surface area contributed by atoms with E-state index < -0.39 is 6.10 Å². The molecule has 0 aromatic heterocycles. The lowest BCUT2D eigenvalue weighted by atomic mass is 9.97. The third-order valence-electron chi connectivity index (χ3n) is 2.65. The Balaban J connectivity index is 2.45. The molecule has 2 atom stereocenters. The van der Waals surface area contributed by atoms with Gasteiger partial charge in [-0.3, -0.25) is 4.79 Å². The normalized spacial score (nSPS) is 24.6. The predicted octanol–water partition coefficient (Wildman–Crippen LogP) is 1.97. The highest BCUT2D eigenvalue weighted by molar-refractivity contribution is 6.03. The molecule has 3 nitrogen and oxygen atoms in total. The van der Waals surface area contributed by atoms with Gasteiger partial charge >= 0.3 is 0 Å². The van der Waals surface area contributed by atoms with Crippen LogP contribution < -0.4 is 4.74 Å². The van der Waals surface area contributed by atoms with Crippen molar-refractivity contribution in [2.24, 2.45) is 0 Å². The molecule has 2 unspecified atom stereocenters. The van der Waals surface area contributed by atoms with E-state index in [1.54, 1.807) is 6.07 Å². The first kappa shape index (κ1) is 10.2. The molecular weight excluding hydrogens is 192 g/mol. The van der Waals surface area contributed by atoms with Crippen molar-refractivity contribution < 1.29 is 14.3 Å². The van der Waals surface area contributed by atoms with Gasteiger partial charge < -0.3 is 9.47 Å². The zero-order valence-corrected chi connectivity index (χ0v) is 9.11. The molecule has 15 heavy (non-hydrogen) atoms. The van der Waals surface area contributed by atoms with Gasteiger partial charge in [-0.1, -0.05) is 6.07 Å². The van der Waals surface area contributed by atoms with Crippen molar-refractivity contribution in [3.63, 3.8) is 0 Å². The van der Waals surface area contributed by atoms with Crippen molar-refractivity contribution in [2.75, 3.05) is 7.11 Å². The Morgan fingerprint density at radius 1 is 1.40 bits per heavy atom. The molecule has 0 radical (unpaired) electrons. The number of fused-ring (bicyclic) bond motifs is 1. The van der Waals surface area contributed by atoms with Crippen LogP contribution in [0.4, 0.5) is 0 Å². The van der Waals surface area contributed by atoms with Crippen LogP contribution >= 0.6 is 0 Å². The molecule has 1 aromatic carbocycles. The van der Waals surface area contributed by atoms with Gasteiger partial charge in [0.25, 0.3) is 0 Å². The number of benzene rings is 1. The van der Waals surface area contributed by atoms with E-state index in [0.717, 1.165) is 5.56 Å². The standard InChI is InChI=1S/C12H14O3/c1-7-4-5-9-10(6-7)15-8(2)12(14-3)11(9)13/h4-6,8,12H,1-3H3. The molecule has 1 aromatic rings. The van der Waals surface area contributed by atoms with Crippen LogP contribution in [0.1, 0.15) is 22.8 Å². The molecule has 0 amide bonds. The molecular formula is C12H14O3. The highest BCUT2D eigenvalue weighted by atomic mass is 16.5. The summed E-state index contributed by atoms with van der Waals surface area (Å²) in [4.78, 5) is 12.0. The van der Waals surface area contributed by atoms with E-state index in [4.69, 9.17) is 9.47 Å². The number of hydrogen-bond acceptors (Lipinski definition) is 3. The van der Waals surface area contributed by atoms with Gasteiger partial charge in [0.2, 0.25) is 0 Å².